The number of carbonyl (C=O) groups excluding carboxylic acids is 1. The quantitative estimate of drug-likeness (QED) is 0.661. The van der Waals surface area contributed by atoms with Crippen molar-refractivity contribution in [3.05, 3.63) is 18.0 Å². The molecule has 10 heavy (non-hydrogen) atoms. The van der Waals surface area contributed by atoms with E-state index >= 15 is 0 Å². The van der Waals surface area contributed by atoms with E-state index in [2.05, 4.69) is 9.68 Å². The second kappa shape index (κ2) is 3.00. The van der Waals surface area contributed by atoms with Gasteiger partial charge in [0.15, 0.2) is 0 Å². The summed E-state index contributed by atoms with van der Waals surface area (Å²) in [6, 6.07) is 1.71. The fraction of sp³-hybridized carbons (Fsp3) is 0.333. The van der Waals surface area contributed by atoms with Crippen molar-refractivity contribution in [2.75, 3.05) is 0 Å². The minimum atomic E-state index is -0.317. The molecule has 0 atom stereocenters. The van der Waals surface area contributed by atoms with Crippen LogP contribution in [-0.2, 0) is 11.2 Å². The van der Waals surface area contributed by atoms with E-state index in [1.165, 1.54) is 6.26 Å². The molecule has 1 aromatic heterocycles. The fourth-order valence-electron chi connectivity index (χ4n) is 0.618. The Hall–Kier alpha value is -1.32. The minimum absolute atomic E-state index is 0. The van der Waals surface area contributed by atoms with Gasteiger partial charge in [-0.25, -0.2) is 0 Å². The maximum atomic E-state index is 10.3. The van der Waals surface area contributed by atoms with Crippen molar-refractivity contribution < 1.29 is 10.7 Å². The molecule has 0 aliphatic carbocycles. The van der Waals surface area contributed by atoms with E-state index in [0.29, 0.717) is 12.8 Å². The number of primary amides is 1. The zero-order valence-corrected chi connectivity index (χ0v) is 5.41. The summed E-state index contributed by atoms with van der Waals surface area (Å²) in [4.78, 5) is 10.3. The lowest BCUT2D eigenvalue weighted by atomic mass is 10.2. The van der Waals surface area contributed by atoms with Crippen LogP contribution in [0.5, 0.6) is 0 Å². The van der Waals surface area contributed by atoms with Crippen molar-refractivity contribution in [2.45, 2.75) is 12.8 Å². The summed E-state index contributed by atoms with van der Waals surface area (Å²) in [5.74, 6) is -0.317. The van der Waals surface area contributed by atoms with E-state index in [1.54, 1.807) is 6.07 Å². The molecule has 4 heteroatoms. The standard InChI is InChI=1S/C6H8N2O2.H2/c7-6(9)2-1-5-3-4-10-8-5;/h3-4H,1-2H2,(H2,7,9);1H. The Labute approximate surface area is 59.5 Å². The number of aryl methyl sites for hydroxylation is 1. The van der Waals surface area contributed by atoms with Crippen molar-refractivity contribution in [3.8, 4) is 0 Å². The van der Waals surface area contributed by atoms with Gasteiger partial charge in [0.2, 0.25) is 5.91 Å². The Morgan fingerprint density at radius 1 is 1.90 bits per heavy atom. The highest BCUT2D eigenvalue weighted by molar-refractivity contribution is 5.73. The molecular weight excluding hydrogens is 132 g/mol. The average Bonchev–Trinajstić information content (AvgIpc) is 2.34. The molecule has 0 spiro atoms. The number of aromatic nitrogens is 1. The van der Waals surface area contributed by atoms with Gasteiger partial charge in [-0.2, -0.15) is 0 Å². The number of rotatable bonds is 3. The zero-order valence-electron chi connectivity index (χ0n) is 5.41. The third-order valence-electron chi connectivity index (χ3n) is 1.12. The van der Waals surface area contributed by atoms with Crippen LogP contribution in [0.25, 0.3) is 0 Å². The van der Waals surface area contributed by atoms with Crippen LogP contribution >= 0.6 is 0 Å². The van der Waals surface area contributed by atoms with Crippen molar-refractivity contribution in [1.82, 2.24) is 5.16 Å². The predicted molar refractivity (Wildman–Crippen MR) is 36.1 cm³/mol. The van der Waals surface area contributed by atoms with Crippen molar-refractivity contribution >= 4 is 5.91 Å². The Balaban J connectivity index is 0.000001000. The van der Waals surface area contributed by atoms with Gasteiger partial charge < -0.3 is 10.3 Å². The first-order chi connectivity index (χ1) is 4.79. The first-order valence-electron chi connectivity index (χ1n) is 2.96. The van der Waals surface area contributed by atoms with Crippen LogP contribution in [0.4, 0.5) is 0 Å². The molecule has 1 heterocycles. The normalized spacial score (nSPS) is 9.60. The van der Waals surface area contributed by atoms with Crippen LogP contribution in [0.2, 0.25) is 0 Å². The molecule has 0 fully saturated rings. The summed E-state index contributed by atoms with van der Waals surface area (Å²) in [7, 11) is 0. The van der Waals surface area contributed by atoms with E-state index in [9.17, 15) is 4.79 Å². The molecule has 2 N–H and O–H groups in total. The molecule has 0 aliphatic rings. The highest BCUT2D eigenvalue weighted by Gasteiger charge is 1.98. The topological polar surface area (TPSA) is 69.1 Å². The molecular formula is C6H10N2O2. The molecule has 0 aromatic carbocycles. The van der Waals surface area contributed by atoms with Gasteiger partial charge in [0.1, 0.15) is 6.26 Å². The lowest BCUT2D eigenvalue weighted by Gasteiger charge is -1.88. The van der Waals surface area contributed by atoms with Crippen molar-refractivity contribution in [3.63, 3.8) is 0 Å². The maximum absolute atomic E-state index is 10.3. The number of nitrogens with zero attached hydrogens (tertiary/aromatic N) is 1. The maximum Gasteiger partial charge on any atom is 0.217 e. The third kappa shape index (κ3) is 1.89. The van der Waals surface area contributed by atoms with E-state index in [4.69, 9.17) is 5.73 Å². The van der Waals surface area contributed by atoms with E-state index in [-0.39, 0.29) is 7.33 Å². The van der Waals surface area contributed by atoms with Gasteiger partial charge >= 0.3 is 0 Å². The van der Waals surface area contributed by atoms with Crippen LogP contribution in [-0.4, -0.2) is 11.1 Å². The molecule has 1 amide bonds. The molecule has 0 bridgehead atoms. The molecule has 1 rings (SSSR count). The molecule has 4 nitrogen and oxygen atoms in total. The van der Waals surface area contributed by atoms with Gasteiger partial charge in [0.25, 0.3) is 0 Å². The Morgan fingerprint density at radius 2 is 2.70 bits per heavy atom. The monoisotopic (exact) mass is 142 g/mol. The summed E-state index contributed by atoms with van der Waals surface area (Å²) in [5, 5.41) is 3.61. The molecule has 0 radical (unpaired) electrons. The van der Waals surface area contributed by atoms with Gasteiger partial charge in [-0.1, -0.05) is 5.16 Å². The summed E-state index contributed by atoms with van der Waals surface area (Å²) in [6.07, 6.45) is 2.36. The van der Waals surface area contributed by atoms with Gasteiger partial charge in [0, 0.05) is 20.3 Å². The second-order valence-electron chi connectivity index (χ2n) is 1.96. The highest BCUT2D eigenvalue weighted by atomic mass is 16.5. The highest BCUT2D eigenvalue weighted by Crippen LogP contribution is 1.97. The van der Waals surface area contributed by atoms with Gasteiger partial charge in [-0.05, 0) is 0 Å². The van der Waals surface area contributed by atoms with E-state index in [0.717, 1.165) is 5.69 Å². The van der Waals surface area contributed by atoms with Crippen molar-refractivity contribution in [1.29, 1.82) is 0 Å². The van der Waals surface area contributed by atoms with Crippen LogP contribution in [0, 0.1) is 0 Å². The number of hydrogen-bond acceptors (Lipinski definition) is 3. The SMILES string of the molecule is NC(=O)CCc1ccon1.[HH]. The Kier molecular flexibility index (Phi) is 2.04. The lowest BCUT2D eigenvalue weighted by molar-refractivity contribution is -0.118. The average molecular weight is 142 g/mol. The minimum Gasteiger partial charge on any atom is -0.370 e. The van der Waals surface area contributed by atoms with Crippen molar-refractivity contribution in [2.24, 2.45) is 5.73 Å². The molecule has 1 aromatic rings. The molecule has 0 saturated carbocycles. The number of amides is 1. The van der Waals surface area contributed by atoms with Gasteiger partial charge in [-0.15, -0.1) is 0 Å². The Morgan fingerprint density at radius 3 is 3.20 bits per heavy atom. The fourth-order valence-corrected chi connectivity index (χ4v) is 0.618. The predicted octanol–water partition coefficient (Wildman–Crippen LogP) is 0.338. The van der Waals surface area contributed by atoms with E-state index in [1.807, 2.05) is 0 Å². The first-order valence-corrected chi connectivity index (χ1v) is 2.96. The summed E-state index contributed by atoms with van der Waals surface area (Å²) >= 11 is 0. The van der Waals surface area contributed by atoms with Crippen LogP contribution in [0.3, 0.4) is 0 Å². The smallest absolute Gasteiger partial charge is 0.217 e. The van der Waals surface area contributed by atoms with Crippen LogP contribution in [0.15, 0.2) is 16.9 Å². The molecule has 56 valence electrons. The molecule has 0 saturated heterocycles. The van der Waals surface area contributed by atoms with E-state index < -0.39 is 0 Å². The lowest BCUT2D eigenvalue weighted by Crippen LogP contribution is -2.11. The molecule has 0 aliphatic heterocycles. The largest absolute Gasteiger partial charge is 0.370 e. The van der Waals surface area contributed by atoms with Crippen LogP contribution in [0.1, 0.15) is 13.5 Å². The number of hydrogen-bond donors (Lipinski definition) is 1. The third-order valence-corrected chi connectivity index (χ3v) is 1.12. The van der Waals surface area contributed by atoms with Gasteiger partial charge in [-0.3, -0.25) is 4.79 Å². The summed E-state index contributed by atoms with van der Waals surface area (Å²) in [5.41, 5.74) is 5.67. The first kappa shape index (κ1) is 6.80. The number of nitrogens with two attached hydrogens (primary N) is 1. The van der Waals surface area contributed by atoms with Crippen LogP contribution < -0.4 is 5.73 Å². The number of carbonyl (C=O) groups is 1. The second-order valence-corrected chi connectivity index (χ2v) is 1.96. The Bertz CT molecular complexity index is 210. The summed E-state index contributed by atoms with van der Waals surface area (Å²) in [6.45, 7) is 0. The molecule has 0 unspecified atom stereocenters. The van der Waals surface area contributed by atoms with Gasteiger partial charge in [0.05, 0.1) is 5.69 Å². The summed E-state index contributed by atoms with van der Waals surface area (Å²) < 4.78 is 4.54. The zero-order chi connectivity index (χ0) is 7.40.